The van der Waals surface area contributed by atoms with Crippen molar-refractivity contribution in [1.82, 2.24) is 19.8 Å². The van der Waals surface area contributed by atoms with Crippen molar-refractivity contribution in [3.8, 4) is 11.6 Å². The molecule has 0 spiro atoms. The van der Waals surface area contributed by atoms with E-state index in [0.29, 0.717) is 11.6 Å². The summed E-state index contributed by atoms with van der Waals surface area (Å²) >= 11 is 1.58. The van der Waals surface area contributed by atoms with Crippen LogP contribution in [-0.4, -0.2) is 19.8 Å². The van der Waals surface area contributed by atoms with Crippen molar-refractivity contribution in [3.63, 3.8) is 0 Å². The number of para-hydroxylation sites is 1. The van der Waals surface area contributed by atoms with Crippen LogP contribution in [0.3, 0.4) is 0 Å². The molecule has 1 atom stereocenters. The SMILES string of the molecule is CC[C@@H](c1ccccc1)c1nn2c(-c3cc4ccccc4o3)nnc2s1. The van der Waals surface area contributed by atoms with Crippen molar-refractivity contribution in [2.45, 2.75) is 19.3 Å². The molecule has 0 amide bonds. The first-order valence-electron chi connectivity index (χ1n) is 8.59. The zero-order valence-corrected chi connectivity index (χ0v) is 15.0. The monoisotopic (exact) mass is 360 g/mol. The van der Waals surface area contributed by atoms with Gasteiger partial charge in [0.25, 0.3) is 0 Å². The number of rotatable bonds is 4. The number of furan rings is 1. The predicted octanol–water partition coefficient (Wildman–Crippen LogP) is 5.14. The van der Waals surface area contributed by atoms with Crippen LogP contribution in [0.4, 0.5) is 0 Å². The topological polar surface area (TPSA) is 56.2 Å². The molecule has 5 aromatic rings. The fourth-order valence-electron chi connectivity index (χ4n) is 3.26. The highest BCUT2D eigenvalue weighted by molar-refractivity contribution is 7.16. The second-order valence-corrected chi connectivity index (χ2v) is 7.17. The zero-order valence-electron chi connectivity index (χ0n) is 14.2. The van der Waals surface area contributed by atoms with E-state index in [0.717, 1.165) is 27.4 Å². The van der Waals surface area contributed by atoms with Crippen LogP contribution in [-0.2, 0) is 0 Å². The number of hydrogen-bond acceptors (Lipinski definition) is 5. The van der Waals surface area contributed by atoms with Gasteiger partial charge in [-0.15, -0.1) is 10.2 Å². The summed E-state index contributed by atoms with van der Waals surface area (Å²) in [5.74, 6) is 1.58. The third-order valence-corrected chi connectivity index (χ3v) is 5.57. The van der Waals surface area contributed by atoms with E-state index in [4.69, 9.17) is 9.52 Å². The Labute approximate surface area is 153 Å². The molecule has 0 saturated heterocycles. The molecule has 0 aliphatic rings. The van der Waals surface area contributed by atoms with E-state index in [9.17, 15) is 0 Å². The van der Waals surface area contributed by atoms with E-state index in [-0.39, 0.29) is 5.92 Å². The van der Waals surface area contributed by atoms with Gasteiger partial charge >= 0.3 is 0 Å². The minimum Gasteiger partial charge on any atom is -0.453 e. The Balaban J connectivity index is 1.61. The average Bonchev–Trinajstić information content (AvgIpc) is 3.36. The molecule has 0 aliphatic carbocycles. The Bertz CT molecular complexity index is 1160. The van der Waals surface area contributed by atoms with Crippen molar-refractivity contribution < 1.29 is 4.42 Å². The standard InChI is InChI=1S/C20H16N4OS/c1-2-15(13-8-4-3-5-9-13)19-23-24-18(21-22-20(24)26-19)17-12-14-10-6-7-11-16(14)25-17/h3-12,15H,2H2,1H3/t15-/m0/s1. The normalized spacial score (nSPS) is 12.8. The maximum atomic E-state index is 5.94. The average molecular weight is 360 g/mol. The Morgan fingerprint density at radius 1 is 1.04 bits per heavy atom. The zero-order chi connectivity index (χ0) is 17.5. The van der Waals surface area contributed by atoms with Crippen molar-refractivity contribution >= 4 is 27.3 Å². The molecule has 5 nitrogen and oxygen atoms in total. The first kappa shape index (κ1) is 15.3. The summed E-state index contributed by atoms with van der Waals surface area (Å²) in [4.78, 5) is 0.782. The fourth-order valence-corrected chi connectivity index (χ4v) is 4.31. The molecule has 26 heavy (non-hydrogen) atoms. The molecule has 0 unspecified atom stereocenters. The molecule has 0 saturated carbocycles. The third-order valence-electron chi connectivity index (χ3n) is 4.56. The molecule has 5 rings (SSSR count). The van der Waals surface area contributed by atoms with Crippen LogP contribution in [0.1, 0.15) is 29.8 Å². The second-order valence-electron chi connectivity index (χ2n) is 6.18. The number of fused-ring (bicyclic) bond motifs is 2. The highest BCUT2D eigenvalue weighted by atomic mass is 32.1. The largest absolute Gasteiger partial charge is 0.453 e. The fraction of sp³-hybridized carbons (Fsp3) is 0.150. The van der Waals surface area contributed by atoms with Crippen LogP contribution in [0, 0.1) is 0 Å². The lowest BCUT2D eigenvalue weighted by atomic mass is 9.97. The second kappa shape index (κ2) is 6.07. The van der Waals surface area contributed by atoms with Gasteiger partial charge in [-0.25, -0.2) is 0 Å². The Kier molecular flexibility index (Phi) is 3.57. The number of benzene rings is 2. The van der Waals surface area contributed by atoms with Crippen molar-refractivity contribution in [1.29, 1.82) is 0 Å². The molecule has 6 heteroatoms. The molecule has 3 heterocycles. The molecular formula is C20H16N4OS. The molecule has 3 aromatic heterocycles. The van der Waals surface area contributed by atoms with Crippen LogP contribution in [0.2, 0.25) is 0 Å². The number of aromatic nitrogens is 4. The van der Waals surface area contributed by atoms with E-state index in [1.54, 1.807) is 15.9 Å². The maximum Gasteiger partial charge on any atom is 0.235 e. The summed E-state index contributed by atoms with van der Waals surface area (Å²) in [5.41, 5.74) is 2.11. The first-order chi connectivity index (χ1) is 12.8. The van der Waals surface area contributed by atoms with Gasteiger partial charge in [0, 0.05) is 11.3 Å². The lowest BCUT2D eigenvalue weighted by Gasteiger charge is -2.11. The van der Waals surface area contributed by atoms with Crippen LogP contribution in [0.15, 0.2) is 65.1 Å². The van der Waals surface area contributed by atoms with E-state index < -0.39 is 0 Å². The first-order valence-corrected chi connectivity index (χ1v) is 9.41. The van der Waals surface area contributed by atoms with Gasteiger partial charge in [-0.2, -0.15) is 9.61 Å². The molecule has 128 valence electrons. The molecule has 0 aliphatic heterocycles. The Morgan fingerprint density at radius 3 is 2.65 bits per heavy atom. The summed E-state index contributed by atoms with van der Waals surface area (Å²) in [6.07, 6.45) is 0.980. The van der Waals surface area contributed by atoms with Gasteiger partial charge in [0.15, 0.2) is 5.76 Å². The highest BCUT2D eigenvalue weighted by Crippen LogP contribution is 2.33. The third kappa shape index (κ3) is 2.42. The van der Waals surface area contributed by atoms with E-state index in [2.05, 4.69) is 41.4 Å². The lowest BCUT2D eigenvalue weighted by molar-refractivity contribution is 0.620. The molecule has 0 fully saturated rings. The Hall–Kier alpha value is -2.99. The molecule has 0 radical (unpaired) electrons. The van der Waals surface area contributed by atoms with Crippen molar-refractivity contribution in [2.24, 2.45) is 0 Å². The highest BCUT2D eigenvalue weighted by Gasteiger charge is 2.21. The number of hydrogen-bond donors (Lipinski definition) is 0. The van der Waals surface area contributed by atoms with Crippen molar-refractivity contribution in [2.75, 3.05) is 0 Å². The molecule has 0 bridgehead atoms. The molecule has 0 N–H and O–H groups in total. The van der Waals surface area contributed by atoms with E-state index >= 15 is 0 Å². The van der Waals surface area contributed by atoms with Gasteiger partial charge < -0.3 is 4.42 Å². The van der Waals surface area contributed by atoms with Gasteiger partial charge in [-0.05, 0) is 24.1 Å². The summed E-state index contributed by atoms with van der Waals surface area (Å²) < 4.78 is 7.74. The summed E-state index contributed by atoms with van der Waals surface area (Å²) in [7, 11) is 0. The van der Waals surface area contributed by atoms with Crippen LogP contribution < -0.4 is 0 Å². The van der Waals surface area contributed by atoms with E-state index in [1.165, 1.54) is 5.56 Å². The lowest BCUT2D eigenvalue weighted by Crippen LogP contribution is -2.00. The quantitative estimate of drug-likeness (QED) is 0.445. The molecule has 2 aromatic carbocycles. The van der Waals surface area contributed by atoms with E-state index in [1.807, 2.05) is 36.4 Å². The summed E-state index contributed by atoms with van der Waals surface area (Å²) in [6.45, 7) is 2.18. The van der Waals surface area contributed by atoms with Gasteiger partial charge in [-0.3, -0.25) is 0 Å². The minimum absolute atomic E-state index is 0.256. The molecular weight excluding hydrogens is 344 g/mol. The maximum absolute atomic E-state index is 5.94. The van der Waals surface area contributed by atoms with Crippen LogP contribution in [0.25, 0.3) is 27.5 Å². The van der Waals surface area contributed by atoms with Crippen molar-refractivity contribution in [3.05, 3.63) is 71.2 Å². The summed E-state index contributed by atoms with van der Waals surface area (Å²) in [6, 6.07) is 20.4. The minimum atomic E-state index is 0.256. The van der Waals surface area contributed by atoms with Gasteiger partial charge in [0.05, 0.1) is 0 Å². The van der Waals surface area contributed by atoms with Gasteiger partial charge in [0.2, 0.25) is 10.8 Å². The van der Waals surface area contributed by atoms with Crippen LogP contribution >= 0.6 is 11.3 Å². The van der Waals surface area contributed by atoms with Crippen LogP contribution in [0.5, 0.6) is 0 Å². The predicted molar refractivity (Wildman–Crippen MR) is 102 cm³/mol. The smallest absolute Gasteiger partial charge is 0.235 e. The van der Waals surface area contributed by atoms with Gasteiger partial charge in [-0.1, -0.05) is 66.8 Å². The number of nitrogens with zero attached hydrogens (tertiary/aromatic N) is 4. The summed E-state index contributed by atoms with van der Waals surface area (Å²) in [5, 5.41) is 15.5. The van der Waals surface area contributed by atoms with Gasteiger partial charge in [0.1, 0.15) is 10.6 Å². The Morgan fingerprint density at radius 2 is 1.85 bits per heavy atom.